The summed E-state index contributed by atoms with van der Waals surface area (Å²) in [5.74, 6) is 0.834. The largest absolute Gasteiger partial charge is 0.462 e. The Kier molecular flexibility index (Phi) is 4.48. The summed E-state index contributed by atoms with van der Waals surface area (Å²) in [4.78, 5) is 15.3. The first-order valence-electron chi connectivity index (χ1n) is 7.69. The number of hydrogen-bond donors (Lipinski definition) is 2. The fraction of sp³-hybridized carbons (Fsp3) is 0.158. The van der Waals surface area contributed by atoms with E-state index >= 15 is 0 Å². The van der Waals surface area contributed by atoms with E-state index < -0.39 is 5.91 Å². The number of carbonyl (C=O) groups excluding carboxylic acids is 1. The summed E-state index contributed by atoms with van der Waals surface area (Å²) >= 11 is 0. The molecule has 3 rings (SSSR count). The zero-order valence-electron chi connectivity index (χ0n) is 13.3. The molecule has 1 aromatic carbocycles. The van der Waals surface area contributed by atoms with Crippen LogP contribution in [-0.2, 0) is 11.2 Å². The first-order chi connectivity index (χ1) is 11.7. The van der Waals surface area contributed by atoms with E-state index in [1.54, 1.807) is 12.1 Å². The van der Waals surface area contributed by atoms with Crippen LogP contribution in [0.5, 0.6) is 0 Å². The molecular weight excluding hydrogens is 302 g/mol. The number of aromatic nitrogens is 1. The number of H-pyrrole nitrogens is 1. The van der Waals surface area contributed by atoms with Gasteiger partial charge in [0.2, 0.25) is 0 Å². The molecule has 24 heavy (non-hydrogen) atoms. The molecule has 0 radical (unpaired) electrons. The van der Waals surface area contributed by atoms with E-state index in [9.17, 15) is 4.79 Å². The number of aromatic amines is 1. The molecule has 2 aromatic heterocycles. The molecule has 0 aliphatic heterocycles. The van der Waals surface area contributed by atoms with Crippen LogP contribution in [0.15, 0.2) is 52.6 Å². The van der Waals surface area contributed by atoms with E-state index in [0.717, 1.165) is 22.2 Å². The SMILES string of the molecule is Cc1ccc(C=C(C#N)C(=O)NCCc2c[nH]c3ccccc23)o1. The Hall–Kier alpha value is -3.26. The maximum absolute atomic E-state index is 12.1. The number of aryl methyl sites for hydroxylation is 1. The maximum Gasteiger partial charge on any atom is 0.262 e. The number of hydrogen-bond acceptors (Lipinski definition) is 3. The van der Waals surface area contributed by atoms with E-state index in [2.05, 4.69) is 10.3 Å². The number of nitrogens with one attached hydrogen (secondary N) is 2. The monoisotopic (exact) mass is 319 g/mol. The van der Waals surface area contributed by atoms with E-state index in [0.29, 0.717) is 18.7 Å². The molecule has 2 N–H and O–H groups in total. The third-order valence-corrected chi connectivity index (χ3v) is 3.77. The number of nitrogens with zero attached hydrogens (tertiary/aromatic N) is 1. The molecular formula is C19H17N3O2. The van der Waals surface area contributed by atoms with E-state index in [1.165, 1.54) is 6.08 Å². The zero-order chi connectivity index (χ0) is 16.9. The van der Waals surface area contributed by atoms with Gasteiger partial charge >= 0.3 is 0 Å². The van der Waals surface area contributed by atoms with Crippen molar-refractivity contribution >= 4 is 22.9 Å². The van der Waals surface area contributed by atoms with Gasteiger partial charge in [-0.15, -0.1) is 0 Å². The van der Waals surface area contributed by atoms with Crippen molar-refractivity contribution in [3.63, 3.8) is 0 Å². The first kappa shape index (κ1) is 15.6. The lowest BCUT2D eigenvalue weighted by molar-refractivity contribution is -0.117. The van der Waals surface area contributed by atoms with Gasteiger partial charge in [0, 0.05) is 29.7 Å². The molecule has 3 aromatic rings. The number of fused-ring (bicyclic) bond motifs is 1. The van der Waals surface area contributed by atoms with E-state index in [4.69, 9.17) is 9.68 Å². The average Bonchev–Trinajstić information content (AvgIpc) is 3.19. The van der Waals surface area contributed by atoms with Crippen molar-refractivity contribution in [1.29, 1.82) is 5.26 Å². The van der Waals surface area contributed by atoms with Gasteiger partial charge in [-0.1, -0.05) is 18.2 Å². The van der Waals surface area contributed by atoms with Crippen molar-refractivity contribution in [2.75, 3.05) is 6.54 Å². The number of carbonyl (C=O) groups is 1. The number of amides is 1. The highest BCUT2D eigenvalue weighted by Gasteiger charge is 2.10. The second kappa shape index (κ2) is 6.88. The highest BCUT2D eigenvalue weighted by atomic mass is 16.3. The predicted molar refractivity (Wildman–Crippen MR) is 92.0 cm³/mol. The summed E-state index contributed by atoms with van der Waals surface area (Å²) in [6.07, 6.45) is 4.09. The second-order valence-corrected chi connectivity index (χ2v) is 5.48. The molecule has 120 valence electrons. The smallest absolute Gasteiger partial charge is 0.262 e. The standard InChI is InChI=1S/C19H17N3O2/c1-13-6-7-16(24-13)10-15(11-20)19(23)21-9-8-14-12-22-18-5-3-2-4-17(14)18/h2-7,10,12,22H,8-9H2,1H3,(H,21,23). The minimum Gasteiger partial charge on any atom is -0.462 e. The van der Waals surface area contributed by atoms with E-state index in [1.807, 2.05) is 43.5 Å². The number of benzene rings is 1. The third kappa shape index (κ3) is 3.39. The van der Waals surface area contributed by atoms with Crippen molar-refractivity contribution < 1.29 is 9.21 Å². The summed E-state index contributed by atoms with van der Waals surface area (Å²) in [7, 11) is 0. The first-order valence-corrected chi connectivity index (χ1v) is 7.69. The number of furan rings is 1. The number of rotatable bonds is 5. The molecule has 0 fully saturated rings. The minimum atomic E-state index is -0.397. The highest BCUT2D eigenvalue weighted by Crippen LogP contribution is 2.17. The quantitative estimate of drug-likeness (QED) is 0.559. The van der Waals surface area contributed by atoms with Crippen LogP contribution in [0.1, 0.15) is 17.1 Å². The molecule has 2 heterocycles. The maximum atomic E-state index is 12.1. The molecule has 0 saturated heterocycles. The van der Waals surface area contributed by atoms with Crippen LogP contribution in [-0.4, -0.2) is 17.4 Å². The number of nitriles is 1. The van der Waals surface area contributed by atoms with Gasteiger partial charge in [0.1, 0.15) is 23.2 Å². The molecule has 0 bridgehead atoms. The molecule has 5 nitrogen and oxygen atoms in total. The summed E-state index contributed by atoms with van der Waals surface area (Å²) in [6.45, 7) is 2.27. The van der Waals surface area contributed by atoms with Gasteiger partial charge in [0.25, 0.3) is 5.91 Å². The topological polar surface area (TPSA) is 81.8 Å². The Balaban J connectivity index is 1.62. The van der Waals surface area contributed by atoms with Crippen LogP contribution in [0.25, 0.3) is 17.0 Å². The van der Waals surface area contributed by atoms with Crippen molar-refractivity contribution in [2.24, 2.45) is 0 Å². The normalized spacial score (nSPS) is 11.4. The average molecular weight is 319 g/mol. The van der Waals surface area contributed by atoms with Gasteiger partial charge in [-0.2, -0.15) is 5.26 Å². The minimum absolute atomic E-state index is 0.0308. The number of para-hydroxylation sites is 1. The Morgan fingerprint density at radius 2 is 2.17 bits per heavy atom. The molecule has 0 unspecified atom stereocenters. The van der Waals surface area contributed by atoms with Gasteiger partial charge in [-0.25, -0.2) is 0 Å². The summed E-state index contributed by atoms with van der Waals surface area (Å²) in [5.41, 5.74) is 2.24. The van der Waals surface area contributed by atoms with Gasteiger partial charge in [-0.3, -0.25) is 4.79 Å². The van der Waals surface area contributed by atoms with Crippen molar-refractivity contribution in [3.8, 4) is 6.07 Å². The lowest BCUT2D eigenvalue weighted by Gasteiger charge is -2.03. The lowest BCUT2D eigenvalue weighted by atomic mass is 10.1. The third-order valence-electron chi connectivity index (χ3n) is 3.77. The lowest BCUT2D eigenvalue weighted by Crippen LogP contribution is -2.26. The molecule has 1 amide bonds. The molecule has 0 atom stereocenters. The van der Waals surface area contributed by atoms with Crippen LogP contribution >= 0.6 is 0 Å². The van der Waals surface area contributed by atoms with Crippen LogP contribution in [0.3, 0.4) is 0 Å². The molecule has 0 spiro atoms. The van der Waals surface area contributed by atoms with Crippen LogP contribution in [0.2, 0.25) is 0 Å². The highest BCUT2D eigenvalue weighted by molar-refractivity contribution is 6.01. The molecule has 0 aliphatic carbocycles. The van der Waals surface area contributed by atoms with Crippen LogP contribution in [0, 0.1) is 18.3 Å². The Morgan fingerprint density at radius 3 is 2.92 bits per heavy atom. The van der Waals surface area contributed by atoms with Gasteiger partial charge in [0.05, 0.1) is 0 Å². The van der Waals surface area contributed by atoms with E-state index in [-0.39, 0.29) is 5.57 Å². The Bertz CT molecular complexity index is 941. The molecule has 5 heteroatoms. The summed E-state index contributed by atoms with van der Waals surface area (Å²) in [5, 5.41) is 13.1. The van der Waals surface area contributed by atoms with Crippen molar-refractivity contribution in [3.05, 3.63) is 65.3 Å². The van der Waals surface area contributed by atoms with Crippen LogP contribution in [0.4, 0.5) is 0 Å². The zero-order valence-corrected chi connectivity index (χ0v) is 13.3. The Morgan fingerprint density at radius 1 is 1.33 bits per heavy atom. The van der Waals surface area contributed by atoms with Crippen molar-refractivity contribution in [1.82, 2.24) is 10.3 Å². The Labute approximate surface area is 139 Å². The van der Waals surface area contributed by atoms with Crippen molar-refractivity contribution in [2.45, 2.75) is 13.3 Å². The van der Waals surface area contributed by atoms with Crippen LogP contribution < -0.4 is 5.32 Å². The second-order valence-electron chi connectivity index (χ2n) is 5.48. The van der Waals surface area contributed by atoms with Gasteiger partial charge in [-0.05, 0) is 37.1 Å². The van der Waals surface area contributed by atoms with Gasteiger partial charge in [0.15, 0.2) is 0 Å². The fourth-order valence-corrected chi connectivity index (χ4v) is 2.57. The molecule has 0 saturated carbocycles. The summed E-state index contributed by atoms with van der Waals surface area (Å²) in [6, 6.07) is 13.5. The van der Waals surface area contributed by atoms with Gasteiger partial charge < -0.3 is 14.7 Å². The molecule has 0 aliphatic rings. The summed E-state index contributed by atoms with van der Waals surface area (Å²) < 4.78 is 5.37. The predicted octanol–water partition coefficient (Wildman–Crippen LogP) is 3.34. The fourth-order valence-electron chi connectivity index (χ4n) is 2.57.